The van der Waals surface area contributed by atoms with Crippen LogP contribution < -0.4 is 5.32 Å². The van der Waals surface area contributed by atoms with E-state index in [1.165, 1.54) is 0 Å². The Kier molecular flexibility index (Phi) is 4.70. The lowest BCUT2D eigenvalue weighted by molar-refractivity contribution is 0.324. The van der Waals surface area contributed by atoms with Crippen molar-refractivity contribution in [2.45, 2.75) is 31.6 Å². The number of anilines is 2. The summed E-state index contributed by atoms with van der Waals surface area (Å²) >= 11 is 0. The SMILES string of the molecule is Cc1cccnc1-c1ccc2c(Nc3ccc(C4(C#N)CCC4)cc3)nc(C3=CC=C3)nc2n1. The zero-order chi connectivity index (χ0) is 23.1. The van der Waals surface area contributed by atoms with Crippen molar-refractivity contribution in [1.82, 2.24) is 19.9 Å². The van der Waals surface area contributed by atoms with E-state index in [0.29, 0.717) is 17.3 Å². The van der Waals surface area contributed by atoms with E-state index in [-0.39, 0.29) is 5.41 Å². The van der Waals surface area contributed by atoms with E-state index in [1.54, 1.807) is 6.20 Å². The fraction of sp³-hybridized carbons (Fsp3) is 0.179. The Morgan fingerprint density at radius 1 is 1.00 bits per heavy atom. The number of nitrogens with zero attached hydrogens (tertiary/aromatic N) is 5. The lowest BCUT2D eigenvalue weighted by Gasteiger charge is -2.35. The van der Waals surface area contributed by atoms with Crippen LogP contribution in [-0.4, -0.2) is 19.9 Å². The van der Waals surface area contributed by atoms with E-state index >= 15 is 0 Å². The predicted octanol–water partition coefficient (Wildman–Crippen LogP) is 6.04. The Morgan fingerprint density at radius 3 is 2.47 bits per heavy atom. The smallest absolute Gasteiger partial charge is 0.166 e. The van der Waals surface area contributed by atoms with Gasteiger partial charge in [0.15, 0.2) is 11.5 Å². The Bertz CT molecular complexity index is 1520. The summed E-state index contributed by atoms with van der Waals surface area (Å²) in [5.41, 5.74) is 5.96. The molecule has 0 aliphatic heterocycles. The van der Waals surface area contributed by atoms with Crippen LogP contribution in [0.15, 0.2) is 73.0 Å². The van der Waals surface area contributed by atoms with Crippen LogP contribution >= 0.6 is 0 Å². The van der Waals surface area contributed by atoms with Gasteiger partial charge in [-0.25, -0.2) is 15.0 Å². The van der Waals surface area contributed by atoms with E-state index in [9.17, 15) is 5.26 Å². The minimum absolute atomic E-state index is 0.319. The van der Waals surface area contributed by atoms with Gasteiger partial charge in [-0.2, -0.15) is 5.26 Å². The van der Waals surface area contributed by atoms with Crippen molar-refractivity contribution in [2.24, 2.45) is 0 Å². The summed E-state index contributed by atoms with van der Waals surface area (Å²) in [6, 6.07) is 18.6. The second-order valence-electron chi connectivity index (χ2n) is 8.86. The molecule has 4 aromatic rings. The normalized spacial score (nSPS) is 15.7. The quantitative estimate of drug-likeness (QED) is 0.406. The largest absolute Gasteiger partial charge is 0.340 e. The van der Waals surface area contributed by atoms with Gasteiger partial charge in [0.2, 0.25) is 0 Å². The van der Waals surface area contributed by atoms with Gasteiger partial charge < -0.3 is 5.32 Å². The van der Waals surface area contributed by atoms with E-state index < -0.39 is 0 Å². The molecule has 164 valence electrons. The first kappa shape index (κ1) is 20.3. The molecule has 6 heteroatoms. The van der Waals surface area contributed by atoms with Gasteiger partial charge in [-0.3, -0.25) is 4.98 Å². The van der Waals surface area contributed by atoms with Crippen LogP contribution in [0, 0.1) is 18.3 Å². The number of nitrogens with one attached hydrogen (secondary N) is 1. The molecule has 3 aromatic heterocycles. The molecule has 0 atom stereocenters. The summed E-state index contributed by atoms with van der Waals surface area (Å²) in [6.45, 7) is 2.03. The monoisotopic (exact) mass is 442 g/mol. The van der Waals surface area contributed by atoms with Crippen molar-refractivity contribution in [2.75, 3.05) is 5.32 Å². The molecule has 0 amide bonds. The summed E-state index contributed by atoms with van der Waals surface area (Å²) in [5, 5.41) is 13.9. The lowest BCUT2D eigenvalue weighted by Crippen LogP contribution is -2.32. The maximum atomic E-state index is 9.64. The predicted molar refractivity (Wildman–Crippen MR) is 133 cm³/mol. The first-order valence-corrected chi connectivity index (χ1v) is 11.4. The standard InChI is InChI=1S/C28H22N6/c1-18-5-3-16-30-24(18)23-13-12-22-26(33-25(19-6-2-7-19)34-27(22)32-23)31-21-10-8-20(9-11-21)28(17-29)14-4-15-28/h2-3,5-13,16H,4,14-15H2,1H3,(H,31,32,33,34). The van der Waals surface area contributed by atoms with Crippen molar-refractivity contribution in [3.05, 3.63) is 89.9 Å². The third-order valence-electron chi connectivity index (χ3n) is 6.74. The van der Waals surface area contributed by atoms with Crippen molar-refractivity contribution in [3.63, 3.8) is 0 Å². The Morgan fingerprint density at radius 2 is 1.82 bits per heavy atom. The van der Waals surface area contributed by atoms with Crippen molar-refractivity contribution >= 4 is 28.1 Å². The van der Waals surface area contributed by atoms with Crippen LogP contribution in [0.1, 0.15) is 36.2 Å². The fourth-order valence-corrected chi connectivity index (χ4v) is 4.47. The Balaban J connectivity index is 1.40. The lowest BCUT2D eigenvalue weighted by atomic mass is 9.65. The molecule has 1 N–H and O–H groups in total. The number of fused-ring (bicyclic) bond motifs is 1. The van der Waals surface area contributed by atoms with Crippen molar-refractivity contribution < 1.29 is 0 Å². The van der Waals surface area contributed by atoms with Crippen LogP contribution in [0.25, 0.3) is 28.0 Å². The second-order valence-corrected chi connectivity index (χ2v) is 8.86. The van der Waals surface area contributed by atoms with E-state index in [1.807, 2.05) is 73.7 Å². The summed E-state index contributed by atoms with van der Waals surface area (Å²) < 4.78 is 0. The summed E-state index contributed by atoms with van der Waals surface area (Å²) in [5.74, 6) is 1.33. The number of aryl methyl sites for hydroxylation is 1. The molecular weight excluding hydrogens is 420 g/mol. The van der Waals surface area contributed by atoms with Crippen LogP contribution in [0.5, 0.6) is 0 Å². The molecule has 2 aliphatic carbocycles. The van der Waals surface area contributed by atoms with E-state index in [2.05, 4.69) is 16.4 Å². The van der Waals surface area contributed by atoms with Gasteiger partial charge in [0.25, 0.3) is 0 Å². The fourth-order valence-electron chi connectivity index (χ4n) is 4.47. The molecule has 2 aliphatic rings. The highest BCUT2D eigenvalue weighted by Gasteiger charge is 2.38. The Labute approximate surface area is 197 Å². The maximum Gasteiger partial charge on any atom is 0.166 e. The zero-order valence-electron chi connectivity index (χ0n) is 18.8. The van der Waals surface area contributed by atoms with Gasteiger partial charge in [0.05, 0.1) is 28.3 Å². The molecule has 3 heterocycles. The van der Waals surface area contributed by atoms with Gasteiger partial charge in [-0.05, 0) is 67.6 Å². The van der Waals surface area contributed by atoms with Gasteiger partial charge >= 0.3 is 0 Å². The molecule has 0 bridgehead atoms. The van der Waals surface area contributed by atoms with Crippen molar-refractivity contribution in [3.8, 4) is 17.5 Å². The minimum Gasteiger partial charge on any atom is -0.340 e. The molecule has 1 saturated carbocycles. The summed E-state index contributed by atoms with van der Waals surface area (Å²) in [6.07, 6.45) is 10.7. The highest BCUT2D eigenvalue weighted by atomic mass is 15.1. The van der Waals surface area contributed by atoms with E-state index in [0.717, 1.165) is 58.4 Å². The molecule has 1 fully saturated rings. The average molecular weight is 443 g/mol. The first-order valence-electron chi connectivity index (χ1n) is 11.4. The topological polar surface area (TPSA) is 87.4 Å². The van der Waals surface area contributed by atoms with E-state index in [4.69, 9.17) is 15.0 Å². The second kappa shape index (κ2) is 7.89. The van der Waals surface area contributed by atoms with Crippen LogP contribution in [-0.2, 0) is 5.41 Å². The number of rotatable bonds is 5. The molecule has 34 heavy (non-hydrogen) atoms. The molecule has 6 rings (SSSR count). The van der Waals surface area contributed by atoms with Crippen LogP contribution in [0.4, 0.5) is 11.5 Å². The molecule has 0 radical (unpaired) electrons. The molecule has 0 spiro atoms. The highest BCUT2D eigenvalue weighted by molar-refractivity contribution is 5.92. The molecule has 1 aromatic carbocycles. The van der Waals surface area contributed by atoms with Gasteiger partial charge in [0, 0.05) is 17.5 Å². The molecular formula is C28H22N6. The number of benzene rings is 1. The number of pyridine rings is 2. The number of allylic oxidation sites excluding steroid dienone is 4. The van der Waals surface area contributed by atoms with Crippen LogP contribution in [0.3, 0.4) is 0 Å². The number of hydrogen-bond donors (Lipinski definition) is 1. The first-order chi connectivity index (χ1) is 16.6. The number of hydrogen-bond acceptors (Lipinski definition) is 6. The minimum atomic E-state index is -0.319. The zero-order valence-corrected chi connectivity index (χ0v) is 18.8. The van der Waals surface area contributed by atoms with Crippen molar-refractivity contribution in [1.29, 1.82) is 5.26 Å². The van der Waals surface area contributed by atoms with Gasteiger partial charge in [0.1, 0.15) is 5.82 Å². The average Bonchev–Trinajstić information content (AvgIpc) is 2.79. The molecule has 0 unspecified atom stereocenters. The molecule has 6 nitrogen and oxygen atoms in total. The molecule has 0 saturated heterocycles. The third kappa shape index (κ3) is 3.34. The number of nitriles is 1. The maximum absolute atomic E-state index is 9.64. The van der Waals surface area contributed by atoms with Crippen LogP contribution in [0.2, 0.25) is 0 Å². The van der Waals surface area contributed by atoms with Gasteiger partial charge in [-0.15, -0.1) is 0 Å². The highest BCUT2D eigenvalue weighted by Crippen LogP contribution is 2.43. The van der Waals surface area contributed by atoms with Gasteiger partial charge in [-0.1, -0.05) is 36.4 Å². The third-order valence-corrected chi connectivity index (χ3v) is 6.74. The Hall–Kier alpha value is -4.37. The summed E-state index contributed by atoms with van der Waals surface area (Å²) in [7, 11) is 0. The summed E-state index contributed by atoms with van der Waals surface area (Å²) in [4.78, 5) is 18.9. The number of aromatic nitrogens is 4.